The molecule has 3 nitrogen and oxygen atoms in total. The first-order chi connectivity index (χ1) is 16.2. The van der Waals surface area contributed by atoms with Crippen molar-refractivity contribution >= 4 is 11.4 Å². The molecule has 2 aromatic rings. The molecule has 0 amide bonds. The maximum atomic E-state index is 11.3. The fourth-order valence-electron chi connectivity index (χ4n) is 5.68. The van der Waals surface area contributed by atoms with Crippen LogP contribution in [0, 0.1) is 19.3 Å². The van der Waals surface area contributed by atoms with Gasteiger partial charge in [-0.05, 0) is 120 Å². The number of aromatic hydroxyl groups is 1. The maximum Gasteiger partial charge on any atom is 0.122 e. The number of hydrogen-bond acceptors (Lipinski definition) is 3. The van der Waals surface area contributed by atoms with Gasteiger partial charge in [0.2, 0.25) is 0 Å². The molecule has 1 fully saturated rings. The number of benzene rings is 2. The fraction of sp³-hybridized carbons (Fsp3) is 0.484. The second kappa shape index (κ2) is 9.90. The van der Waals surface area contributed by atoms with Gasteiger partial charge in [-0.3, -0.25) is 0 Å². The molecule has 182 valence electrons. The zero-order chi connectivity index (χ0) is 24.5. The smallest absolute Gasteiger partial charge is 0.122 e. The average molecular weight is 460 g/mol. The molecule has 4 rings (SSSR count). The lowest BCUT2D eigenvalue weighted by Gasteiger charge is -2.51. The Hall–Kier alpha value is -2.68. The van der Waals surface area contributed by atoms with Crippen LogP contribution < -0.4 is 9.64 Å². The van der Waals surface area contributed by atoms with E-state index in [1.807, 2.05) is 0 Å². The fourth-order valence-corrected chi connectivity index (χ4v) is 5.68. The van der Waals surface area contributed by atoms with Gasteiger partial charge in [0, 0.05) is 23.5 Å². The topological polar surface area (TPSA) is 32.7 Å². The lowest BCUT2D eigenvalue weighted by Crippen LogP contribution is -2.46. The minimum Gasteiger partial charge on any atom is -0.507 e. The molecule has 2 aromatic carbocycles. The largest absolute Gasteiger partial charge is 0.507 e. The summed E-state index contributed by atoms with van der Waals surface area (Å²) < 4.78 is 5.41. The molecule has 1 N–H and O–H groups in total. The molecule has 1 heterocycles. The number of fused-ring (bicyclic) bond motifs is 1. The standard InChI is InChI=1S/C31H41NO2/c1-21(2)9-7-10-22(3)11-16-27-28-19-31(17-8-18-31)20-32(25-12-14-26(34-6)15-13-25)29(28)23(4)24(5)30(27)33/h9,11-15,33H,7-8,10,16-20H2,1-6H3/b22-11+. The minimum absolute atomic E-state index is 0.317. The van der Waals surface area contributed by atoms with E-state index in [0.717, 1.165) is 49.1 Å². The molecule has 3 heteroatoms. The Labute approximate surface area is 206 Å². The predicted molar refractivity (Wildman–Crippen MR) is 144 cm³/mol. The van der Waals surface area contributed by atoms with Crippen molar-refractivity contribution in [3.8, 4) is 11.5 Å². The number of hydrogen-bond donors (Lipinski definition) is 1. The number of rotatable bonds is 7. The van der Waals surface area contributed by atoms with E-state index < -0.39 is 0 Å². The van der Waals surface area contributed by atoms with E-state index >= 15 is 0 Å². The Kier molecular flexibility index (Phi) is 7.12. The van der Waals surface area contributed by atoms with Gasteiger partial charge in [0.15, 0.2) is 0 Å². The minimum atomic E-state index is 0.317. The number of anilines is 2. The van der Waals surface area contributed by atoms with Gasteiger partial charge in [-0.1, -0.05) is 29.7 Å². The number of phenols is 1. The van der Waals surface area contributed by atoms with Gasteiger partial charge in [0.25, 0.3) is 0 Å². The van der Waals surface area contributed by atoms with E-state index in [2.05, 4.69) is 75.9 Å². The zero-order valence-electron chi connectivity index (χ0n) is 21.9. The summed E-state index contributed by atoms with van der Waals surface area (Å²) >= 11 is 0. The third kappa shape index (κ3) is 4.76. The number of phenolic OH excluding ortho intramolecular Hbond substituents is 1. The highest BCUT2D eigenvalue weighted by atomic mass is 16.5. The van der Waals surface area contributed by atoms with Crippen LogP contribution in [0.5, 0.6) is 11.5 Å². The first-order valence-electron chi connectivity index (χ1n) is 12.8. The normalized spacial score (nSPS) is 16.8. The van der Waals surface area contributed by atoms with Crippen LogP contribution in [0.25, 0.3) is 0 Å². The zero-order valence-corrected chi connectivity index (χ0v) is 21.9. The van der Waals surface area contributed by atoms with E-state index in [9.17, 15) is 5.11 Å². The third-order valence-electron chi connectivity index (χ3n) is 8.07. The van der Waals surface area contributed by atoms with Crippen molar-refractivity contribution in [3.63, 3.8) is 0 Å². The van der Waals surface area contributed by atoms with Crippen LogP contribution in [0.1, 0.15) is 75.1 Å². The van der Waals surface area contributed by atoms with Crippen LogP contribution in [-0.4, -0.2) is 18.8 Å². The SMILES string of the molecule is COc1ccc(N2CC3(CCC3)Cc3c(C/C=C(\C)CCC=C(C)C)c(O)c(C)c(C)c32)cc1. The van der Waals surface area contributed by atoms with Crippen molar-refractivity contribution in [3.05, 3.63) is 69.8 Å². The van der Waals surface area contributed by atoms with Gasteiger partial charge in [-0.2, -0.15) is 0 Å². The number of nitrogens with zero attached hydrogens (tertiary/aromatic N) is 1. The van der Waals surface area contributed by atoms with E-state index in [0.29, 0.717) is 11.2 Å². The van der Waals surface area contributed by atoms with E-state index in [1.165, 1.54) is 52.9 Å². The summed E-state index contributed by atoms with van der Waals surface area (Å²) in [5.74, 6) is 1.38. The van der Waals surface area contributed by atoms with Gasteiger partial charge in [0.05, 0.1) is 7.11 Å². The van der Waals surface area contributed by atoms with Crippen LogP contribution in [0.15, 0.2) is 47.6 Å². The van der Waals surface area contributed by atoms with Crippen molar-refractivity contribution in [1.29, 1.82) is 0 Å². The Bertz CT molecular complexity index is 1100. The van der Waals surface area contributed by atoms with Crippen LogP contribution in [0.2, 0.25) is 0 Å². The monoisotopic (exact) mass is 459 g/mol. The average Bonchev–Trinajstić information content (AvgIpc) is 2.80. The number of methoxy groups -OCH3 is 1. The first kappa shape index (κ1) is 24.4. The van der Waals surface area contributed by atoms with E-state index in [1.54, 1.807) is 7.11 Å². The van der Waals surface area contributed by atoms with Crippen molar-refractivity contribution in [2.24, 2.45) is 5.41 Å². The second-order valence-electron chi connectivity index (χ2n) is 10.8. The first-order valence-corrected chi connectivity index (χ1v) is 12.8. The summed E-state index contributed by atoms with van der Waals surface area (Å²) in [6.45, 7) is 11.8. The van der Waals surface area contributed by atoms with Crippen molar-refractivity contribution in [2.45, 2.75) is 79.6 Å². The van der Waals surface area contributed by atoms with Crippen molar-refractivity contribution in [1.82, 2.24) is 0 Å². The van der Waals surface area contributed by atoms with Gasteiger partial charge in [-0.25, -0.2) is 0 Å². The molecule has 0 atom stereocenters. The highest BCUT2D eigenvalue weighted by molar-refractivity contribution is 5.77. The molecule has 1 aliphatic heterocycles. The maximum absolute atomic E-state index is 11.3. The van der Waals surface area contributed by atoms with Crippen LogP contribution in [0.3, 0.4) is 0 Å². The quantitative estimate of drug-likeness (QED) is 0.424. The molecule has 0 bridgehead atoms. The number of ether oxygens (including phenoxy) is 1. The second-order valence-corrected chi connectivity index (χ2v) is 10.8. The van der Waals surface area contributed by atoms with Crippen molar-refractivity contribution in [2.75, 3.05) is 18.6 Å². The van der Waals surface area contributed by atoms with Gasteiger partial charge in [-0.15, -0.1) is 0 Å². The molecule has 2 aliphatic rings. The van der Waals surface area contributed by atoms with Crippen LogP contribution >= 0.6 is 0 Å². The van der Waals surface area contributed by atoms with Gasteiger partial charge < -0.3 is 14.7 Å². The lowest BCUT2D eigenvalue weighted by molar-refractivity contribution is 0.138. The van der Waals surface area contributed by atoms with E-state index in [4.69, 9.17) is 4.74 Å². The van der Waals surface area contributed by atoms with Crippen LogP contribution in [0.4, 0.5) is 11.4 Å². The molecule has 0 unspecified atom stereocenters. The van der Waals surface area contributed by atoms with Gasteiger partial charge >= 0.3 is 0 Å². The highest BCUT2D eigenvalue weighted by Crippen LogP contribution is 2.54. The lowest BCUT2D eigenvalue weighted by atomic mass is 9.62. The molecule has 0 radical (unpaired) electrons. The molecular formula is C31H41NO2. The third-order valence-corrected chi connectivity index (χ3v) is 8.07. The summed E-state index contributed by atoms with van der Waals surface area (Å²) in [5.41, 5.74) is 10.3. The highest BCUT2D eigenvalue weighted by Gasteiger charge is 2.44. The Morgan fingerprint density at radius 2 is 1.76 bits per heavy atom. The number of allylic oxidation sites excluding steroid dienone is 4. The predicted octanol–water partition coefficient (Wildman–Crippen LogP) is 8.12. The summed E-state index contributed by atoms with van der Waals surface area (Å²) in [6.07, 6.45) is 12.5. The van der Waals surface area contributed by atoms with Gasteiger partial charge in [0.1, 0.15) is 11.5 Å². The molecule has 0 aromatic heterocycles. The molecule has 1 saturated carbocycles. The van der Waals surface area contributed by atoms with E-state index in [-0.39, 0.29) is 0 Å². The Balaban J connectivity index is 1.76. The summed E-state index contributed by atoms with van der Waals surface area (Å²) in [4.78, 5) is 2.52. The molecule has 1 spiro atoms. The van der Waals surface area contributed by atoms with Crippen molar-refractivity contribution < 1.29 is 9.84 Å². The Morgan fingerprint density at radius 3 is 2.35 bits per heavy atom. The van der Waals surface area contributed by atoms with Crippen LogP contribution in [-0.2, 0) is 12.8 Å². The Morgan fingerprint density at radius 1 is 1.06 bits per heavy atom. The molecule has 1 aliphatic carbocycles. The molecule has 0 saturated heterocycles. The summed E-state index contributed by atoms with van der Waals surface area (Å²) in [5, 5.41) is 11.3. The molecule has 34 heavy (non-hydrogen) atoms. The molecular weight excluding hydrogens is 418 g/mol. The summed E-state index contributed by atoms with van der Waals surface area (Å²) in [7, 11) is 1.71. The summed E-state index contributed by atoms with van der Waals surface area (Å²) in [6, 6.07) is 8.46.